The number of aliphatic carboxylic acids is 1. The molecule has 0 amide bonds. The van der Waals surface area contributed by atoms with Gasteiger partial charge in [0.1, 0.15) is 0 Å². The Balaban J connectivity index is 4.49. The predicted octanol–water partition coefficient (Wildman–Crippen LogP) is -0.688. The van der Waals surface area contributed by atoms with Crippen LogP contribution < -0.4 is 0 Å². The molecule has 0 aromatic carbocycles. The number of aliphatic hydroxyl groups excluding tert-OH is 1. The second-order valence-electron chi connectivity index (χ2n) is 1.92. The van der Waals surface area contributed by atoms with Crippen LogP contribution in [0.15, 0.2) is 0 Å². The first-order valence-corrected chi connectivity index (χ1v) is 4.47. The van der Waals surface area contributed by atoms with Gasteiger partial charge >= 0.3 is 19.3 Å². The largest absolute Gasteiger partial charge is 0.479 e. The molecule has 76 valence electrons. The summed E-state index contributed by atoms with van der Waals surface area (Å²) in [5, 5.41) is 24.6. The molecule has 2 unspecified atom stereocenters. The van der Waals surface area contributed by atoms with Crippen LogP contribution in [0.1, 0.15) is 0 Å². The van der Waals surface area contributed by atoms with Crippen LogP contribution >= 0.6 is 7.60 Å². The van der Waals surface area contributed by atoms with Gasteiger partial charge in [0, 0.05) is 0 Å². The minimum atomic E-state index is -5.02. The Labute approximate surface area is 71.9 Å². The zero-order valence-corrected chi connectivity index (χ0v) is 7.05. The summed E-state index contributed by atoms with van der Waals surface area (Å²) in [7, 11) is -5.02. The molecule has 0 bridgehead atoms. The minimum absolute atomic E-state index is 1.09. The molecule has 0 heterocycles. The summed E-state index contributed by atoms with van der Waals surface area (Å²) in [4.78, 5) is 28.6. The first kappa shape index (κ1) is 12.0. The van der Waals surface area contributed by atoms with Crippen molar-refractivity contribution in [2.24, 2.45) is 0 Å². The van der Waals surface area contributed by atoms with E-state index in [4.69, 9.17) is 20.2 Å². The number of carbonyl (C=O) groups is 2. The first-order chi connectivity index (χ1) is 5.81. The van der Waals surface area contributed by atoms with Gasteiger partial charge in [0.2, 0.25) is 0 Å². The van der Waals surface area contributed by atoms with Crippen LogP contribution in [-0.2, 0) is 13.9 Å². The van der Waals surface area contributed by atoms with E-state index < -0.39 is 32.0 Å². The van der Waals surface area contributed by atoms with Crippen molar-refractivity contribution in [2.45, 2.75) is 6.10 Å². The zero-order valence-electron chi connectivity index (χ0n) is 6.15. The molecule has 0 fully saturated rings. The van der Waals surface area contributed by atoms with Gasteiger partial charge in [0.05, 0.1) is 6.61 Å². The lowest BCUT2D eigenvalue weighted by molar-refractivity contribution is -0.147. The van der Waals surface area contributed by atoms with Gasteiger partial charge < -0.3 is 20.2 Å². The van der Waals surface area contributed by atoms with Crippen LogP contribution in [0.5, 0.6) is 0 Å². The lowest BCUT2D eigenvalue weighted by Crippen LogP contribution is -2.27. The monoisotopic (exact) mass is 214 g/mol. The number of hydrogen-bond donors (Lipinski definition) is 4. The third kappa shape index (κ3) is 3.51. The topological polar surface area (TPSA) is 141 Å². The molecule has 0 rings (SSSR count). The van der Waals surface area contributed by atoms with Crippen LogP contribution in [-0.4, -0.2) is 44.6 Å². The SMILES string of the molecule is O=C(O)C(CO)OP(=O)(O)C(=O)O. The number of rotatable bonds is 5. The summed E-state index contributed by atoms with van der Waals surface area (Å²) in [5.41, 5.74) is -2.17. The molecule has 0 aliphatic rings. The van der Waals surface area contributed by atoms with E-state index in [1.54, 1.807) is 0 Å². The van der Waals surface area contributed by atoms with Crippen molar-refractivity contribution in [3.05, 3.63) is 0 Å². The van der Waals surface area contributed by atoms with Crippen molar-refractivity contribution in [1.82, 2.24) is 0 Å². The lowest BCUT2D eigenvalue weighted by atomic mass is 10.4. The van der Waals surface area contributed by atoms with Gasteiger partial charge in [0.25, 0.3) is 0 Å². The van der Waals surface area contributed by atoms with Crippen molar-refractivity contribution < 1.29 is 38.9 Å². The Morgan fingerprint density at radius 2 is 1.85 bits per heavy atom. The van der Waals surface area contributed by atoms with E-state index >= 15 is 0 Å². The highest BCUT2D eigenvalue weighted by molar-refractivity contribution is 7.70. The second kappa shape index (κ2) is 4.33. The van der Waals surface area contributed by atoms with E-state index in [0.717, 1.165) is 0 Å². The van der Waals surface area contributed by atoms with Crippen LogP contribution in [0.4, 0.5) is 4.79 Å². The fourth-order valence-electron chi connectivity index (χ4n) is 0.374. The zero-order chi connectivity index (χ0) is 10.6. The van der Waals surface area contributed by atoms with E-state index in [1.807, 2.05) is 0 Å². The summed E-state index contributed by atoms with van der Waals surface area (Å²) < 4.78 is 14.3. The highest BCUT2D eigenvalue weighted by Gasteiger charge is 2.36. The molecule has 0 aliphatic heterocycles. The molecule has 4 N–H and O–H groups in total. The molecule has 13 heavy (non-hydrogen) atoms. The lowest BCUT2D eigenvalue weighted by Gasteiger charge is -2.12. The van der Waals surface area contributed by atoms with Crippen LogP contribution in [0.2, 0.25) is 0 Å². The summed E-state index contributed by atoms with van der Waals surface area (Å²) >= 11 is 0. The summed E-state index contributed by atoms with van der Waals surface area (Å²) in [6.45, 7) is -1.09. The van der Waals surface area contributed by atoms with E-state index in [0.29, 0.717) is 0 Å². The van der Waals surface area contributed by atoms with Gasteiger partial charge in [-0.25, -0.2) is 14.2 Å². The standard InChI is InChI=1S/C4H7O8P/c5-1-2(3(6)7)12-13(10,11)4(8)9/h2,5H,1H2,(H,6,7)(H,8,9)(H,10,11). The number of hydrogen-bond acceptors (Lipinski definition) is 5. The fourth-order valence-corrected chi connectivity index (χ4v) is 0.966. The Bertz CT molecular complexity index is 259. The molecule has 0 spiro atoms. The summed E-state index contributed by atoms with van der Waals surface area (Å²) in [6.07, 6.45) is -2.02. The van der Waals surface area contributed by atoms with E-state index in [2.05, 4.69) is 4.52 Å². The Hall–Kier alpha value is -0.950. The van der Waals surface area contributed by atoms with Gasteiger partial charge in [-0.05, 0) is 0 Å². The smallest absolute Gasteiger partial charge is 0.436 e. The molecule has 8 nitrogen and oxygen atoms in total. The minimum Gasteiger partial charge on any atom is -0.479 e. The molecule has 0 aromatic heterocycles. The maximum atomic E-state index is 10.5. The normalized spacial score (nSPS) is 17.4. The number of aliphatic hydroxyl groups is 1. The van der Waals surface area contributed by atoms with Crippen LogP contribution in [0, 0.1) is 0 Å². The van der Waals surface area contributed by atoms with Gasteiger partial charge in [-0.1, -0.05) is 0 Å². The molecular formula is C4H7O8P. The highest BCUT2D eigenvalue weighted by Crippen LogP contribution is 2.43. The Morgan fingerprint density at radius 1 is 1.38 bits per heavy atom. The maximum Gasteiger partial charge on any atom is 0.436 e. The molecule has 9 heteroatoms. The predicted molar refractivity (Wildman–Crippen MR) is 37.4 cm³/mol. The molecule has 0 aliphatic carbocycles. The first-order valence-electron chi connectivity index (χ1n) is 2.89. The van der Waals surface area contributed by atoms with Crippen molar-refractivity contribution >= 4 is 19.3 Å². The van der Waals surface area contributed by atoms with Gasteiger partial charge in [-0.3, -0.25) is 4.52 Å². The van der Waals surface area contributed by atoms with Gasteiger partial charge in [-0.15, -0.1) is 0 Å². The number of carboxylic acids is 1. The van der Waals surface area contributed by atoms with Gasteiger partial charge in [-0.2, -0.15) is 0 Å². The summed E-state index contributed by atoms with van der Waals surface area (Å²) in [5.74, 6) is -1.72. The average molecular weight is 214 g/mol. The van der Waals surface area contributed by atoms with Crippen molar-refractivity contribution in [1.29, 1.82) is 0 Å². The molecule has 0 saturated heterocycles. The van der Waals surface area contributed by atoms with E-state index in [9.17, 15) is 14.2 Å². The fraction of sp³-hybridized carbons (Fsp3) is 0.500. The molecule has 0 saturated carbocycles. The van der Waals surface area contributed by atoms with Crippen LogP contribution in [0.25, 0.3) is 0 Å². The molecular weight excluding hydrogens is 207 g/mol. The average Bonchev–Trinajstić information content (AvgIpc) is 1.99. The molecule has 0 radical (unpaired) electrons. The van der Waals surface area contributed by atoms with Gasteiger partial charge in [0.15, 0.2) is 6.10 Å². The van der Waals surface area contributed by atoms with Crippen molar-refractivity contribution in [3.8, 4) is 0 Å². The Morgan fingerprint density at radius 3 is 2.08 bits per heavy atom. The van der Waals surface area contributed by atoms with E-state index in [-0.39, 0.29) is 0 Å². The third-order valence-corrected chi connectivity index (χ3v) is 1.98. The summed E-state index contributed by atoms with van der Waals surface area (Å²) in [6, 6.07) is 0. The van der Waals surface area contributed by atoms with Crippen LogP contribution in [0.3, 0.4) is 0 Å². The van der Waals surface area contributed by atoms with Crippen molar-refractivity contribution in [3.63, 3.8) is 0 Å². The Kier molecular flexibility index (Phi) is 4.02. The number of carboxylic acid groups (broad SMARTS) is 2. The quantitative estimate of drug-likeness (QED) is 0.440. The highest BCUT2D eigenvalue weighted by atomic mass is 31.2. The van der Waals surface area contributed by atoms with Crippen molar-refractivity contribution in [2.75, 3.05) is 6.61 Å². The maximum absolute atomic E-state index is 10.5. The second-order valence-corrected chi connectivity index (χ2v) is 3.55. The van der Waals surface area contributed by atoms with E-state index in [1.165, 1.54) is 0 Å². The molecule has 0 aromatic rings. The third-order valence-electron chi connectivity index (χ3n) is 0.953. The molecule has 2 atom stereocenters.